The molecule has 2 aromatic rings. The molecule has 0 heterocycles. The van der Waals surface area contributed by atoms with E-state index in [-0.39, 0.29) is 11.8 Å². The van der Waals surface area contributed by atoms with E-state index in [1.165, 1.54) is 10.0 Å². The van der Waals surface area contributed by atoms with Gasteiger partial charge in [0, 0.05) is 12.1 Å². The number of benzene rings is 2. The number of amides is 2. The van der Waals surface area contributed by atoms with Crippen LogP contribution in [0, 0.1) is 0 Å². The van der Waals surface area contributed by atoms with Gasteiger partial charge in [-0.25, -0.2) is 10.0 Å². The molecule has 0 aliphatic rings. The molecule has 132 valence electrons. The molecule has 0 bridgehead atoms. The molecular weight excluding hydrogens is 336 g/mol. The van der Waals surface area contributed by atoms with Gasteiger partial charge in [0.2, 0.25) is 0 Å². The molecule has 0 aliphatic carbocycles. The highest BCUT2D eigenvalue weighted by Gasteiger charge is 2.35. The first-order chi connectivity index (χ1) is 11.8. The van der Waals surface area contributed by atoms with Gasteiger partial charge in [0.15, 0.2) is 0 Å². The summed E-state index contributed by atoms with van der Waals surface area (Å²) in [5.74, 6) is -0.525. The summed E-state index contributed by atoms with van der Waals surface area (Å²) in [5, 5.41) is 3.33. The van der Waals surface area contributed by atoms with Gasteiger partial charge in [-0.05, 0) is 52.0 Å². The second-order valence-corrected chi connectivity index (χ2v) is 7.06. The Morgan fingerprint density at radius 2 is 1.48 bits per heavy atom. The SMILES string of the molecule is CCN(C(=O)c1ccccc1Cl)N(C(=O)c1ccccc1)C(C)(C)C. The fraction of sp³-hybridized carbons (Fsp3) is 0.300. The van der Waals surface area contributed by atoms with Gasteiger partial charge in [0.05, 0.1) is 16.1 Å². The highest BCUT2D eigenvalue weighted by Crippen LogP contribution is 2.24. The van der Waals surface area contributed by atoms with E-state index in [2.05, 4.69) is 0 Å². The fourth-order valence-electron chi connectivity index (χ4n) is 2.63. The molecule has 0 atom stereocenters. The number of carbonyl (C=O) groups excluding carboxylic acids is 2. The van der Waals surface area contributed by atoms with Crippen molar-refractivity contribution in [3.63, 3.8) is 0 Å². The third kappa shape index (κ3) is 4.20. The second-order valence-electron chi connectivity index (χ2n) is 6.65. The van der Waals surface area contributed by atoms with Gasteiger partial charge in [-0.1, -0.05) is 41.9 Å². The van der Waals surface area contributed by atoms with Crippen LogP contribution in [0.15, 0.2) is 54.6 Å². The van der Waals surface area contributed by atoms with Gasteiger partial charge in [0.25, 0.3) is 11.8 Å². The summed E-state index contributed by atoms with van der Waals surface area (Å²) in [6, 6.07) is 15.8. The highest BCUT2D eigenvalue weighted by molar-refractivity contribution is 6.33. The van der Waals surface area contributed by atoms with Crippen molar-refractivity contribution in [1.29, 1.82) is 0 Å². The molecule has 25 heavy (non-hydrogen) atoms. The molecule has 2 rings (SSSR count). The summed E-state index contributed by atoms with van der Waals surface area (Å²) in [6.45, 7) is 7.88. The van der Waals surface area contributed by atoms with Crippen LogP contribution < -0.4 is 0 Å². The molecule has 0 radical (unpaired) electrons. The molecule has 0 aromatic heterocycles. The monoisotopic (exact) mass is 358 g/mol. The van der Waals surface area contributed by atoms with E-state index < -0.39 is 5.54 Å². The lowest BCUT2D eigenvalue weighted by atomic mass is 10.1. The van der Waals surface area contributed by atoms with Crippen molar-refractivity contribution in [3.8, 4) is 0 Å². The summed E-state index contributed by atoms with van der Waals surface area (Å²) in [6.07, 6.45) is 0. The van der Waals surface area contributed by atoms with Gasteiger partial charge in [-0.15, -0.1) is 0 Å². The van der Waals surface area contributed by atoms with Gasteiger partial charge < -0.3 is 0 Å². The first-order valence-electron chi connectivity index (χ1n) is 8.23. The predicted octanol–water partition coefficient (Wildman–Crippen LogP) is 4.66. The minimum Gasteiger partial charge on any atom is -0.267 e. The van der Waals surface area contributed by atoms with Crippen molar-refractivity contribution < 1.29 is 9.59 Å². The van der Waals surface area contributed by atoms with Crippen molar-refractivity contribution in [2.45, 2.75) is 33.2 Å². The normalized spacial score (nSPS) is 11.1. The van der Waals surface area contributed by atoms with E-state index in [0.717, 1.165) is 0 Å². The Morgan fingerprint density at radius 3 is 2.00 bits per heavy atom. The zero-order valence-electron chi connectivity index (χ0n) is 15.0. The van der Waals surface area contributed by atoms with Crippen molar-refractivity contribution in [3.05, 3.63) is 70.7 Å². The Balaban J connectivity index is 2.47. The predicted molar refractivity (Wildman–Crippen MR) is 101 cm³/mol. The number of nitrogens with zero attached hydrogens (tertiary/aromatic N) is 2. The van der Waals surface area contributed by atoms with Crippen LogP contribution in [-0.2, 0) is 0 Å². The highest BCUT2D eigenvalue weighted by atomic mass is 35.5. The largest absolute Gasteiger partial charge is 0.273 e. The Bertz CT molecular complexity index is 754. The summed E-state index contributed by atoms with van der Waals surface area (Å²) < 4.78 is 0. The smallest absolute Gasteiger partial charge is 0.267 e. The molecule has 2 aromatic carbocycles. The molecule has 0 saturated heterocycles. The standard InChI is InChI=1S/C20H23ClN2O2/c1-5-22(19(25)16-13-9-10-14-17(16)21)23(20(2,3)4)18(24)15-11-7-6-8-12-15/h6-14H,5H2,1-4H3. The van der Waals surface area contributed by atoms with Gasteiger partial charge in [0.1, 0.15) is 0 Å². The average Bonchev–Trinajstić information content (AvgIpc) is 2.58. The lowest BCUT2D eigenvalue weighted by Crippen LogP contribution is -2.58. The number of hydrazine groups is 1. The van der Waals surface area contributed by atoms with Crippen molar-refractivity contribution in [2.24, 2.45) is 0 Å². The van der Waals surface area contributed by atoms with Crippen LogP contribution in [0.1, 0.15) is 48.4 Å². The van der Waals surface area contributed by atoms with Crippen LogP contribution in [0.3, 0.4) is 0 Å². The van der Waals surface area contributed by atoms with Crippen LogP contribution in [0.2, 0.25) is 5.02 Å². The Morgan fingerprint density at radius 1 is 0.920 bits per heavy atom. The molecule has 0 spiro atoms. The molecule has 0 fully saturated rings. The zero-order chi connectivity index (χ0) is 18.6. The van der Waals surface area contributed by atoms with E-state index in [1.54, 1.807) is 48.5 Å². The number of rotatable bonds is 3. The van der Waals surface area contributed by atoms with E-state index in [0.29, 0.717) is 22.7 Å². The van der Waals surface area contributed by atoms with Gasteiger partial charge in [-0.2, -0.15) is 0 Å². The van der Waals surface area contributed by atoms with Crippen LogP contribution in [-0.4, -0.2) is 33.9 Å². The molecular formula is C20H23ClN2O2. The Hall–Kier alpha value is -2.33. The van der Waals surface area contributed by atoms with Crippen LogP contribution in [0.4, 0.5) is 0 Å². The zero-order valence-corrected chi connectivity index (χ0v) is 15.7. The van der Waals surface area contributed by atoms with Crippen molar-refractivity contribution in [2.75, 3.05) is 6.54 Å². The molecule has 5 heteroatoms. The molecule has 4 nitrogen and oxygen atoms in total. The van der Waals surface area contributed by atoms with Crippen molar-refractivity contribution in [1.82, 2.24) is 10.0 Å². The van der Waals surface area contributed by atoms with Gasteiger partial charge in [-0.3, -0.25) is 9.59 Å². The third-order valence-electron chi connectivity index (χ3n) is 3.73. The average molecular weight is 359 g/mol. The summed E-state index contributed by atoms with van der Waals surface area (Å²) in [7, 11) is 0. The minimum absolute atomic E-state index is 0.227. The maximum absolute atomic E-state index is 13.1. The van der Waals surface area contributed by atoms with E-state index in [1.807, 2.05) is 33.8 Å². The maximum Gasteiger partial charge on any atom is 0.273 e. The lowest BCUT2D eigenvalue weighted by molar-refractivity contribution is -0.0410. The molecule has 0 unspecified atom stereocenters. The second kappa shape index (κ2) is 7.70. The van der Waals surface area contributed by atoms with E-state index in [9.17, 15) is 9.59 Å². The number of hydrogen-bond donors (Lipinski definition) is 0. The fourth-order valence-corrected chi connectivity index (χ4v) is 2.85. The van der Waals surface area contributed by atoms with Crippen LogP contribution >= 0.6 is 11.6 Å². The Kier molecular flexibility index (Phi) is 5.85. The van der Waals surface area contributed by atoms with Gasteiger partial charge >= 0.3 is 0 Å². The summed E-state index contributed by atoms with van der Waals surface area (Å²) in [4.78, 5) is 26.2. The third-order valence-corrected chi connectivity index (χ3v) is 4.06. The van der Waals surface area contributed by atoms with Crippen LogP contribution in [0.25, 0.3) is 0 Å². The lowest BCUT2D eigenvalue weighted by Gasteiger charge is -2.43. The van der Waals surface area contributed by atoms with E-state index in [4.69, 9.17) is 11.6 Å². The molecule has 0 saturated carbocycles. The quantitative estimate of drug-likeness (QED) is 0.749. The first kappa shape index (κ1) is 19.0. The molecule has 0 N–H and O–H groups in total. The molecule has 2 amide bonds. The Labute approximate surface area is 154 Å². The summed E-state index contributed by atoms with van der Waals surface area (Å²) >= 11 is 6.18. The van der Waals surface area contributed by atoms with Crippen LogP contribution in [0.5, 0.6) is 0 Å². The number of halogens is 1. The first-order valence-corrected chi connectivity index (χ1v) is 8.61. The maximum atomic E-state index is 13.1. The minimum atomic E-state index is -0.583. The molecule has 0 aliphatic heterocycles. The number of carbonyl (C=O) groups is 2. The topological polar surface area (TPSA) is 40.6 Å². The van der Waals surface area contributed by atoms with Crippen molar-refractivity contribution >= 4 is 23.4 Å². The summed E-state index contributed by atoms with van der Waals surface area (Å²) in [5.41, 5.74) is 0.323. The van der Waals surface area contributed by atoms with E-state index >= 15 is 0 Å². The number of hydrogen-bond acceptors (Lipinski definition) is 2.